The third-order valence-electron chi connectivity index (χ3n) is 5.79. The van der Waals surface area contributed by atoms with Gasteiger partial charge in [0.05, 0.1) is 24.8 Å². The van der Waals surface area contributed by atoms with Crippen LogP contribution in [0.4, 0.5) is 4.79 Å². The van der Waals surface area contributed by atoms with Crippen LogP contribution < -0.4 is 10.1 Å². The molecule has 2 amide bonds. The summed E-state index contributed by atoms with van der Waals surface area (Å²) in [5.41, 5.74) is 0.341. The van der Waals surface area contributed by atoms with Gasteiger partial charge in [0.2, 0.25) is 0 Å². The smallest absolute Gasteiger partial charge is 0.407 e. The lowest BCUT2D eigenvalue weighted by atomic mass is 9.96. The van der Waals surface area contributed by atoms with E-state index in [4.69, 9.17) is 14.2 Å². The quantitative estimate of drug-likeness (QED) is 0.694. The Morgan fingerprint density at radius 2 is 1.97 bits per heavy atom. The molecule has 3 atom stereocenters. The maximum Gasteiger partial charge on any atom is 0.407 e. The first-order valence-corrected chi connectivity index (χ1v) is 11.5. The average Bonchev–Trinajstić information content (AvgIpc) is 2.76. The van der Waals surface area contributed by atoms with Crippen molar-refractivity contribution in [2.24, 2.45) is 0 Å². The Hall–Kier alpha value is -2.32. The molecule has 32 heavy (non-hydrogen) atoms. The van der Waals surface area contributed by atoms with E-state index in [9.17, 15) is 14.7 Å². The molecular formula is C24H36N2O6. The molecule has 0 spiro atoms. The number of amides is 2. The predicted molar refractivity (Wildman–Crippen MR) is 119 cm³/mol. The van der Waals surface area contributed by atoms with Gasteiger partial charge in [0, 0.05) is 18.7 Å². The second kappa shape index (κ2) is 11.0. The number of hydrogen-bond acceptors (Lipinski definition) is 6. The number of likely N-dealkylation sites (tertiary alicyclic amines) is 1. The largest absolute Gasteiger partial charge is 0.483 e. The van der Waals surface area contributed by atoms with Gasteiger partial charge in [-0.25, -0.2) is 4.79 Å². The molecule has 2 saturated heterocycles. The van der Waals surface area contributed by atoms with E-state index in [2.05, 4.69) is 5.32 Å². The van der Waals surface area contributed by atoms with Gasteiger partial charge in [-0.1, -0.05) is 18.2 Å². The molecule has 0 aliphatic carbocycles. The fourth-order valence-electron chi connectivity index (χ4n) is 4.31. The summed E-state index contributed by atoms with van der Waals surface area (Å²) in [7, 11) is 0. The normalized spacial score (nSPS) is 24.0. The van der Waals surface area contributed by atoms with Gasteiger partial charge in [0.1, 0.15) is 11.4 Å². The minimum Gasteiger partial charge on any atom is -0.483 e. The molecule has 2 unspecified atom stereocenters. The number of nitrogens with zero attached hydrogens (tertiary/aromatic N) is 1. The number of rotatable bonds is 6. The number of carbonyl (C=O) groups excluding carboxylic acids is 2. The fourth-order valence-corrected chi connectivity index (χ4v) is 4.31. The van der Waals surface area contributed by atoms with Gasteiger partial charge >= 0.3 is 6.09 Å². The monoisotopic (exact) mass is 448 g/mol. The molecule has 0 saturated carbocycles. The van der Waals surface area contributed by atoms with Crippen LogP contribution in [0.2, 0.25) is 0 Å². The van der Waals surface area contributed by atoms with Crippen molar-refractivity contribution in [3.8, 4) is 5.75 Å². The van der Waals surface area contributed by atoms with E-state index in [1.54, 1.807) is 25.7 Å². The molecule has 0 bridgehead atoms. The van der Waals surface area contributed by atoms with E-state index in [1.807, 2.05) is 24.3 Å². The Morgan fingerprint density at radius 3 is 2.66 bits per heavy atom. The molecule has 0 aromatic heterocycles. The lowest BCUT2D eigenvalue weighted by Gasteiger charge is -2.40. The summed E-state index contributed by atoms with van der Waals surface area (Å²) in [6, 6.07) is 6.76. The first kappa shape index (κ1) is 24.3. The number of hydrogen-bond donors (Lipinski definition) is 2. The summed E-state index contributed by atoms with van der Waals surface area (Å²) in [5.74, 6) is 0.424. The van der Waals surface area contributed by atoms with Crippen LogP contribution in [0, 0.1) is 0 Å². The number of nitrogens with one attached hydrogen (secondary N) is 1. The van der Waals surface area contributed by atoms with Crippen molar-refractivity contribution in [1.82, 2.24) is 10.2 Å². The highest BCUT2D eigenvalue weighted by Gasteiger charge is 2.36. The van der Waals surface area contributed by atoms with Crippen molar-refractivity contribution in [1.29, 1.82) is 0 Å². The molecule has 2 N–H and O–H groups in total. The molecule has 2 aliphatic heterocycles. The first-order chi connectivity index (χ1) is 15.3. The predicted octanol–water partition coefficient (Wildman–Crippen LogP) is 3.18. The minimum atomic E-state index is -0.619. The third kappa shape index (κ3) is 6.59. The molecule has 2 fully saturated rings. The zero-order valence-corrected chi connectivity index (χ0v) is 19.3. The van der Waals surface area contributed by atoms with Crippen molar-refractivity contribution < 1.29 is 28.9 Å². The van der Waals surface area contributed by atoms with Gasteiger partial charge in [0.15, 0.2) is 6.61 Å². The van der Waals surface area contributed by atoms with Crippen LogP contribution in [0.25, 0.3) is 0 Å². The topological polar surface area (TPSA) is 97.3 Å². The van der Waals surface area contributed by atoms with E-state index >= 15 is 0 Å². The van der Waals surface area contributed by atoms with Crippen molar-refractivity contribution in [3.05, 3.63) is 29.8 Å². The Bertz CT molecular complexity index is 772. The molecule has 2 heterocycles. The lowest BCUT2D eigenvalue weighted by molar-refractivity contribution is -0.139. The van der Waals surface area contributed by atoms with Gasteiger partial charge in [-0.05, 0) is 58.9 Å². The summed E-state index contributed by atoms with van der Waals surface area (Å²) in [5, 5.41) is 12.8. The Morgan fingerprint density at radius 1 is 1.19 bits per heavy atom. The summed E-state index contributed by atoms with van der Waals surface area (Å²) in [6.07, 6.45) is 3.92. The summed E-state index contributed by atoms with van der Waals surface area (Å²) < 4.78 is 17.1. The zero-order valence-electron chi connectivity index (χ0n) is 19.3. The number of carbonyl (C=O) groups is 2. The van der Waals surface area contributed by atoms with Gasteiger partial charge in [-0.3, -0.25) is 4.79 Å². The van der Waals surface area contributed by atoms with Crippen LogP contribution in [0.5, 0.6) is 5.75 Å². The van der Waals surface area contributed by atoms with Crippen LogP contribution in [-0.2, 0) is 14.3 Å². The standard InChI is InChI=1S/C24H36N2O6/c1-24(2,3)32-23(29)25-18-10-8-13-26(19(18)15-27)22(28)16-31-21-11-5-4-9-17(21)20-12-6-7-14-30-20/h4-5,9,11,18-20,27H,6-8,10,12-16H2,1-3H3,(H,25,29)/t18?,19?,20-/m0/s1. The SMILES string of the molecule is CC(C)(C)OC(=O)NC1CCCN(C(=O)COc2ccccc2[C@@H]2CCCCO2)C1CO. The molecule has 178 valence electrons. The highest BCUT2D eigenvalue weighted by Crippen LogP contribution is 2.34. The number of piperidine rings is 1. The van der Waals surface area contributed by atoms with E-state index in [1.165, 1.54) is 0 Å². The van der Waals surface area contributed by atoms with Crippen LogP contribution in [0.3, 0.4) is 0 Å². The molecular weight excluding hydrogens is 412 g/mol. The Labute approximate surface area is 190 Å². The molecule has 8 heteroatoms. The minimum absolute atomic E-state index is 0.0161. The van der Waals surface area contributed by atoms with Gasteiger partial charge in [-0.15, -0.1) is 0 Å². The Kier molecular flexibility index (Phi) is 8.37. The lowest BCUT2D eigenvalue weighted by Crippen LogP contribution is -2.59. The second-order valence-electron chi connectivity index (χ2n) is 9.41. The van der Waals surface area contributed by atoms with Crippen LogP contribution in [-0.4, -0.2) is 66.1 Å². The van der Waals surface area contributed by atoms with Crippen LogP contribution >= 0.6 is 0 Å². The molecule has 0 radical (unpaired) electrons. The van der Waals surface area contributed by atoms with Gasteiger partial charge < -0.3 is 29.5 Å². The summed E-state index contributed by atoms with van der Waals surface area (Å²) in [6.45, 7) is 6.22. The average molecular weight is 449 g/mol. The number of alkyl carbamates (subject to hydrolysis) is 1. The van der Waals surface area contributed by atoms with E-state index < -0.39 is 17.7 Å². The van der Waals surface area contributed by atoms with E-state index in [0.717, 1.165) is 37.9 Å². The maximum atomic E-state index is 13.0. The highest BCUT2D eigenvalue weighted by atomic mass is 16.6. The van der Waals surface area contributed by atoms with Crippen molar-refractivity contribution >= 4 is 12.0 Å². The third-order valence-corrected chi connectivity index (χ3v) is 5.79. The van der Waals surface area contributed by atoms with Crippen LogP contribution in [0.1, 0.15) is 64.5 Å². The zero-order chi connectivity index (χ0) is 23.1. The molecule has 3 rings (SSSR count). The van der Waals surface area contributed by atoms with E-state index in [0.29, 0.717) is 18.7 Å². The van der Waals surface area contributed by atoms with Crippen molar-refractivity contribution in [2.75, 3.05) is 26.4 Å². The van der Waals surface area contributed by atoms with E-state index in [-0.39, 0.29) is 31.3 Å². The molecule has 1 aromatic rings. The highest BCUT2D eigenvalue weighted by molar-refractivity contribution is 5.78. The summed E-state index contributed by atoms with van der Waals surface area (Å²) >= 11 is 0. The number of aliphatic hydroxyl groups is 1. The number of para-hydroxylation sites is 1. The molecule has 1 aromatic carbocycles. The van der Waals surface area contributed by atoms with Crippen molar-refractivity contribution in [3.63, 3.8) is 0 Å². The van der Waals surface area contributed by atoms with Gasteiger partial charge in [-0.2, -0.15) is 0 Å². The first-order valence-electron chi connectivity index (χ1n) is 11.5. The Balaban J connectivity index is 1.61. The van der Waals surface area contributed by atoms with Crippen LogP contribution in [0.15, 0.2) is 24.3 Å². The second-order valence-corrected chi connectivity index (χ2v) is 9.41. The fraction of sp³-hybridized carbons (Fsp3) is 0.667. The molecule has 2 aliphatic rings. The number of ether oxygens (including phenoxy) is 3. The maximum absolute atomic E-state index is 13.0. The van der Waals surface area contributed by atoms with Gasteiger partial charge in [0.25, 0.3) is 5.91 Å². The number of benzene rings is 1. The van der Waals surface area contributed by atoms with Crippen molar-refractivity contribution in [2.45, 2.75) is 76.7 Å². The summed E-state index contributed by atoms with van der Waals surface area (Å²) in [4.78, 5) is 26.8. The molecule has 8 nitrogen and oxygen atoms in total. The number of aliphatic hydroxyl groups excluding tert-OH is 1.